The number of hydrogen-bond acceptors (Lipinski definition) is 7. The highest BCUT2D eigenvalue weighted by atomic mass is 35.5. The molecule has 2 aliphatic heterocycles. The summed E-state index contributed by atoms with van der Waals surface area (Å²) in [4.78, 5) is 12.3. The second-order valence-electron chi connectivity index (χ2n) is 9.23. The molecule has 2 bridgehead atoms. The Bertz CT molecular complexity index is 1040. The summed E-state index contributed by atoms with van der Waals surface area (Å²) in [7, 11) is -1.29. The molecule has 164 valence electrons. The average molecular weight is 461 g/mol. The largest absolute Gasteiger partial charge is 0.463 e. The monoisotopic (exact) mass is 460 g/mol. The smallest absolute Gasteiger partial charge is 0.238 e. The molecule has 2 aromatic rings. The zero-order chi connectivity index (χ0) is 21.2. The third-order valence-electron chi connectivity index (χ3n) is 7.45. The van der Waals surface area contributed by atoms with Gasteiger partial charge >= 0.3 is 0 Å². The number of aliphatic hydroxyl groups is 1. The van der Waals surface area contributed by atoms with Gasteiger partial charge in [-0.2, -0.15) is 9.97 Å². The minimum absolute atomic E-state index is 0.0335. The number of nitrogens with one attached hydrogen (secondary N) is 1. The van der Waals surface area contributed by atoms with Crippen LogP contribution in [-0.2, 0) is 10.8 Å². The third-order valence-corrected chi connectivity index (χ3v) is 8.85. The van der Waals surface area contributed by atoms with Gasteiger partial charge in [0.2, 0.25) is 11.8 Å². The highest BCUT2D eigenvalue weighted by molar-refractivity contribution is 7.85. The van der Waals surface area contributed by atoms with Gasteiger partial charge in [0.15, 0.2) is 11.8 Å². The summed E-state index contributed by atoms with van der Waals surface area (Å²) >= 11 is 6.06. The van der Waals surface area contributed by atoms with Gasteiger partial charge in [0.1, 0.15) is 15.7 Å². The van der Waals surface area contributed by atoms with Gasteiger partial charge in [0.05, 0.1) is 12.1 Å². The molecule has 3 fully saturated rings. The molecular formula is C22H25ClN4O3S. The normalized spacial score (nSPS) is 30.1. The average Bonchev–Trinajstić information content (AvgIpc) is 3.45. The molecular weight excluding hydrogens is 436 g/mol. The summed E-state index contributed by atoms with van der Waals surface area (Å²) in [6, 6.07) is 8.59. The number of benzene rings is 1. The number of rotatable bonds is 5. The number of ether oxygens (including phenoxy) is 1. The van der Waals surface area contributed by atoms with Gasteiger partial charge in [-0.3, -0.25) is 4.21 Å². The lowest BCUT2D eigenvalue weighted by molar-refractivity contribution is 0.143. The van der Waals surface area contributed by atoms with Crippen molar-refractivity contribution in [3.8, 4) is 5.88 Å². The molecule has 0 spiro atoms. The molecule has 9 heteroatoms. The maximum atomic E-state index is 12.5. The summed E-state index contributed by atoms with van der Waals surface area (Å²) in [6.07, 6.45) is 4.99. The number of piperidine rings is 1. The zero-order valence-electron chi connectivity index (χ0n) is 17.1. The van der Waals surface area contributed by atoms with E-state index >= 15 is 0 Å². The summed E-state index contributed by atoms with van der Waals surface area (Å²) in [6.45, 7) is 0.927. The number of aliphatic hydroxyl groups excluding tert-OH is 1. The van der Waals surface area contributed by atoms with Gasteiger partial charge in [-0.15, -0.1) is 0 Å². The molecule has 4 aliphatic rings. The summed E-state index contributed by atoms with van der Waals surface area (Å²) in [5.41, 5.74) is 0.970. The predicted molar refractivity (Wildman–Crippen MR) is 119 cm³/mol. The van der Waals surface area contributed by atoms with Crippen molar-refractivity contribution < 1.29 is 14.1 Å². The van der Waals surface area contributed by atoms with Crippen LogP contribution >= 0.6 is 11.6 Å². The molecule has 31 heavy (non-hydrogen) atoms. The van der Waals surface area contributed by atoms with E-state index < -0.39 is 10.8 Å². The summed E-state index contributed by atoms with van der Waals surface area (Å²) in [5, 5.41) is 14.1. The van der Waals surface area contributed by atoms with Gasteiger partial charge < -0.3 is 20.1 Å². The zero-order valence-corrected chi connectivity index (χ0v) is 18.7. The molecule has 2 N–H and O–H groups in total. The van der Waals surface area contributed by atoms with Gasteiger partial charge in [-0.25, -0.2) is 0 Å². The van der Waals surface area contributed by atoms with E-state index in [2.05, 4.69) is 27.3 Å². The van der Waals surface area contributed by atoms with Crippen molar-refractivity contribution in [3.63, 3.8) is 0 Å². The molecule has 1 saturated heterocycles. The van der Waals surface area contributed by atoms with E-state index in [1.807, 2.05) is 12.1 Å². The van der Waals surface area contributed by atoms with Gasteiger partial charge in [-0.1, -0.05) is 23.7 Å². The molecule has 1 aromatic carbocycles. The lowest BCUT2D eigenvalue weighted by atomic mass is 9.77. The summed E-state index contributed by atoms with van der Waals surface area (Å²) < 4.78 is 18.2. The van der Waals surface area contributed by atoms with E-state index in [1.165, 1.54) is 5.56 Å². The van der Waals surface area contributed by atoms with Crippen LogP contribution in [0.4, 0.5) is 11.8 Å². The first-order valence-corrected chi connectivity index (χ1v) is 12.6. The Kier molecular flexibility index (Phi) is 4.67. The van der Waals surface area contributed by atoms with E-state index in [1.54, 1.807) is 0 Å². The van der Waals surface area contributed by atoms with Crippen LogP contribution < -0.4 is 15.0 Å². The highest BCUT2D eigenvalue weighted by Gasteiger charge is 2.47. The van der Waals surface area contributed by atoms with Crippen LogP contribution in [0.2, 0.25) is 5.02 Å². The van der Waals surface area contributed by atoms with Gasteiger partial charge in [-0.05, 0) is 61.6 Å². The molecule has 2 aliphatic carbocycles. The summed E-state index contributed by atoms with van der Waals surface area (Å²) in [5.74, 6) is 2.79. The molecule has 3 heterocycles. The highest BCUT2D eigenvalue weighted by Crippen LogP contribution is 2.49. The molecule has 0 radical (unpaired) electrons. The molecule has 6 rings (SSSR count). The molecule has 7 nitrogen and oxygen atoms in total. The quantitative estimate of drug-likeness (QED) is 0.707. The first kappa shape index (κ1) is 19.8. The maximum Gasteiger partial charge on any atom is 0.238 e. The van der Waals surface area contributed by atoms with Crippen LogP contribution in [0.1, 0.15) is 43.6 Å². The Morgan fingerprint density at radius 3 is 2.71 bits per heavy atom. The maximum absolute atomic E-state index is 12.5. The SMILES string of the molecule is O=[S@]1COc2nc(N3CC4CC3CC4c3ccc(Cl)cc3)nc(NC3(CO)CCC3)c21. The lowest BCUT2D eigenvalue weighted by Gasteiger charge is -2.41. The fourth-order valence-electron chi connectivity index (χ4n) is 5.60. The van der Waals surface area contributed by atoms with Crippen molar-refractivity contribution in [2.75, 3.05) is 29.3 Å². The van der Waals surface area contributed by atoms with Crippen LogP contribution in [0.25, 0.3) is 0 Å². The predicted octanol–water partition coefficient (Wildman–Crippen LogP) is 3.30. The van der Waals surface area contributed by atoms with E-state index in [0.29, 0.717) is 40.4 Å². The van der Waals surface area contributed by atoms with Gasteiger partial charge in [0, 0.05) is 17.6 Å². The van der Waals surface area contributed by atoms with E-state index in [-0.39, 0.29) is 18.1 Å². The van der Waals surface area contributed by atoms with Crippen LogP contribution in [0.15, 0.2) is 29.2 Å². The second kappa shape index (κ2) is 7.32. The van der Waals surface area contributed by atoms with Crippen molar-refractivity contribution in [1.29, 1.82) is 0 Å². The van der Waals surface area contributed by atoms with Crippen molar-refractivity contribution in [2.24, 2.45) is 5.92 Å². The second-order valence-corrected chi connectivity index (χ2v) is 11.0. The van der Waals surface area contributed by atoms with Crippen molar-refractivity contribution >= 4 is 34.2 Å². The Morgan fingerprint density at radius 1 is 1.26 bits per heavy atom. The first-order chi connectivity index (χ1) is 15.0. The Hall–Kier alpha value is -1.90. The van der Waals surface area contributed by atoms with E-state index in [0.717, 1.165) is 43.7 Å². The number of aromatic nitrogens is 2. The number of halogens is 1. The van der Waals surface area contributed by atoms with Crippen molar-refractivity contribution in [3.05, 3.63) is 34.9 Å². The first-order valence-electron chi connectivity index (χ1n) is 10.9. The standard InChI is InChI=1S/C22H25ClN4O3S/c23-15-4-2-13(3-5-15)17-9-16-8-14(17)10-27(16)21-24-19(26-22(11-28)6-1-7-22)18-20(25-21)30-12-31(18)29/h2-5,14,16-17,28H,1,6-12H2,(H,24,25,26)/t14?,16?,17?,31-/m0/s1. The Balaban J connectivity index is 1.28. The molecule has 1 aromatic heterocycles. The molecule has 4 atom stereocenters. The molecule has 0 amide bonds. The van der Waals surface area contributed by atoms with Crippen LogP contribution in [-0.4, -0.2) is 50.0 Å². The fraction of sp³-hybridized carbons (Fsp3) is 0.545. The number of anilines is 2. The third kappa shape index (κ3) is 3.22. The van der Waals surface area contributed by atoms with E-state index in [4.69, 9.17) is 21.3 Å². The molecule has 3 unspecified atom stereocenters. The van der Waals surface area contributed by atoms with Crippen LogP contribution in [0, 0.1) is 5.92 Å². The lowest BCUT2D eigenvalue weighted by Crippen LogP contribution is -2.48. The van der Waals surface area contributed by atoms with Crippen molar-refractivity contribution in [1.82, 2.24) is 9.97 Å². The minimum Gasteiger partial charge on any atom is -0.463 e. The Labute approximate surface area is 188 Å². The van der Waals surface area contributed by atoms with Gasteiger partial charge in [0.25, 0.3) is 0 Å². The number of nitrogens with zero attached hydrogens (tertiary/aromatic N) is 3. The molecule has 2 saturated carbocycles. The van der Waals surface area contributed by atoms with E-state index in [9.17, 15) is 9.32 Å². The van der Waals surface area contributed by atoms with Crippen LogP contribution in [0.5, 0.6) is 5.88 Å². The van der Waals surface area contributed by atoms with Crippen LogP contribution in [0.3, 0.4) is 0 Å². The fourth-order valence-corrected chi connectivity index (χ4v) is 6.67. The number of fused-ring (bicyclic) bond motifs is 3. The number of hydrogen-bond donors (Lipinski definition) is 2. The Morgan fingerprint density at radius 2 is 2.06 bits per heavy atom. The minimum atomic E-state index is -1.29. The van der Waals surface area contributed by atoms with Crippen molar-refractivity contribution in [2.45, 2.75) is 54.5 Å². The topological polar surface area (TPSA) is 87.6 Å².